The summed E-state index contributed by atoms with van der Waals surface area (Å²) in [5.41, 5.74) is 0.0123. The van der Waals surface area contributed by atoms with E-state index in [9.17, 15) is 22.4 Å². The van der Waals surface area contributed by atoms with Crippen LogP contribution < -0.4 is 5.32 Å². The van der Waals surface area contributed by atoms with Gasteiger partial charge < -0.3 is 10.4 Å². The van der Waals surface area contributed by atoms with Gasteiger partial charge in [0.15, 0.2) is 15.0 Å². The second-order valence-electron chi connectivity index (χ2n) is 4.80. The van der Waals surface area contributed by atoms with E-state index < -0.39 is 32.8 Å². The van der Waals surface area contributed by atoms with Crippen LogP contribution in [-0.2, 0) is 19.4 Å². The number of amidine groups is 1. The number of carboxylic acid groups (broad SMARTS) is 1. The van der Waals surface area contributed by atoms with Crippen LogP contribution >= 0.6 is 11.8 Å². The fourth-order valence-electron chi connectivity index (χ4n) is 1.85. The van der Waals surface area contributed by atoms with Crippen molar-refractivity contribution in [2.75, 3.05) is 6.26 Å². The Morgan fingerprint density at radius 1 is 1.50 bits per heavy atom. The Hall–Kier alpha value is -2.27. The van der Waals surface area contributed by atoms with E-state index in [2.05, 4.69) is 15.5 Å². The van der Waals surface area contributed by atoms with Crippen molar-refractivity contribution in [3.05, 3.63) is 29.6 Å². The van der Waals surface area contributed by atoms with E-state index in [1.165, 1.54) is 0 Å². The van der Waals surface area contributed by atoms with E-state index in [1.54, 1.807) is 0 Å². The third-order valence-corrected chi connectivity index (χ3v) is 5.10. The molecule has 8 nitrogen and oxygen atoms in total. The minimum Gasteiger partial charge on any atom is -0.481 e. The van der Waals surface area contributed by atoms with Crippen molar-refractivity contribution in [1.82, 2.24) is 5.32 Å². The second kappa shape index (κ2) is 7.09. The van der Waals surface area contributed by atoms with Crippen LogP contribution in [0.3, 0.4) is 0 Å². The molecule has 1 aliphatic rings. The highest BCUT2D eigenvalue weighted by Crippen LogP contribution is 2.22. The smallest absolute Gasteiger partial charge is 0.305 e. The number of nitrogens with one attached hydrogen (secondary N) is 1. The summed E-state index contributed by atoms with van der Waals surface area (Å²) < 4.78 is 36.6. The van der Waals surface area contributed by atoms with E-state index >= 15 is 0 Å². The minimum atomic E-state index is -3.58. The maximum atomic E-state index is 13.3. The maximum Gasteiger partial charge on any atom is 0.305 e. The van der Waals surface area contributed by atoms with Crippen LogP contribution in [0.5, 0.6) is 0 Å². The average Bonchev–Trinajstić information content (AvgIpc) is 2.77. The van der Waals surface area contributed by atoms with Gasteiger partial charge >= 0.3 is 5.97 Å². The van der Waals surface area contributed by atoms with Crippen molar-refractivity contribution in [2.45, 2.75) is 16.6 Å². The first-order chi connectivity index (χ1) is 11.2. The predicted molar refractivity (Wildman–Crippen MR) is 86.3 cm³/mol. The van der Waals surface area contributed by atoms with Gasteiger partial charge in [0, 0.05) is 11.8 Å². The molecule has 0 aliphatic carbocycles. The molecule has 1 aromatic carbocycles. The number of benzene rings is 1. The largest absolute Gasteiger partial charge is 0.481 e. The van der Waals surface area contributed by atoms with Crippen LogP contribution in [0.15, 0.2) is 33.3 Å². The molecule has 24 heavy (non-hydrogen) atoms. The predicted octanol–water partition coefficient (Wildman–Crippen LogP) is 0.625. The fraction of sp³-hybridized carbons (Fsp3) is 0.231. The van der Waals surface area contributed by atoms with Crippen LogP contribution in [-0.4, -0.2) is 48.3 Å². The molecule has 1 amide bonds. The van der Waals surface area contributed by atoms with Crippen molar-refractivity contribution in [3.63, 3.8) is 0 Å². The molecule has 11 heteroatoms. The molecule has 0 saturated carbocycles. The molecule has 2 N–H and O–H groups in total. The van der Waals surface area contributed by atoms with Crippen LogP contribution in [0.4, 0.5) is 4.39 Å². The first kappa shape index (κ1) is 18.1. The molecule has 0 aromatic heterocycles. The minimum absolute atomic E-state index is 0.0123. The Labute approximate surface area is 140 Å². The standard InChI is InChI=1S/C13H12FN3O5S2/c1-24(21,22)10-3-2-8(14)4-7(10)6-15-17-13-16-12(20)9(23-13)5-11(18)19/h2-4,6,9H,5H2,1H3,(H,18,19)(H,16,17,20). The summed E-state index contributed by atoms with van der Waals surface area (Å²) in [4.78, 5) is 22.0. The van der Waals surface area contributed by atoms with Crippen LogP contribution in [0.2, 0.25) is 0 Å². The zero-order valence-electron chi connectivity index (χ0n) is 12.3. The number of carbonyl (C=O) groups is 2. The number of hydrogen-bond acceptors (Lipinski definition) is 7. The van der Waals surface area contributed by atoms with Gasteiger partial charge in [-0.25, -0.2) is 12.8 Å². The molecule has 0 bridgehead atoms. The average molecular weight is 373 g/mol. The lowest BCUT2D eigenvalue weighted by molar-refractivity contribution is -0.138. The van der Waals surface area contributed by atoms with Gasteiger partial charge in [-0.15, -0.1) is 5.10 Å². The molecule has 1 atom stereocenters. The Morgan fingerprint density at radius 2 is 2.21 bits per heavy atom. The number of nitrogens with zero attached hydrogens (tertiary/aromatic N) is 2. The molecular formula is C13H12FN3O5S2. The van der Waals surface area contributed by atoms with E-state index in [4.69, 9.17) is 5.11 Å². The number of rotatable bonds is 5. The van der Waals surface area contributed by atoms with Crippen molar-refractivity contribution in [2.24, 2.45) is 10.2 Å². The Bertz CT molecular complexity index is 851. The van der Waals surface area contributed by atoms with Gasteiger partial charge in [-0.3, -0.25) is 9.59 Å². The molecule has 0 radical (unpaired) electrons. The van der Waals surface area contributed by atoms with E-state index in [-0.39, 0.29) is 22.0 Å². The number of thioether (sulfide) groups is 1. The number of amides is 1. The van der Waals surface area contributed by atoms with Crippen molar-refractivity contribution >= 4 is 44.9 Å². The number of halogens is 1. The topological polar surface area (TPSA) is 125 Å². The van der Waals surface area contributed by atoms with Gasteiger partial charge in [-0.1, -0.05) is 11.8 Å². The van der Waals surface area contributed by atoms with Gasteiger partial charge in [0.2, 0.25) is 5.91 Å². The van der Waals surface area contributed by atoms with Crippen LogP contribution in [0, 0.1) is 5.82 Å². The summed E-state index contributed by atoms with van der Waals surface area (Å²) in [6, 6.07) is 3.13. The highest BCUT2D eigenvalue weighted by molar-refractivity contribution is 8.15. The summed E-state index contributed by atoms with van der Waals surface area (Å²) in [5.74, 6) is -2.26. The summed E-state index contributed by atoms with van der Waals surface area (Å²) in [6.07, 6.45) is 1.66. The van der Waals surface area contributed by atoms with E-state index in [0.717, 1.165) is 42.4 Å². The van der Waals surface area contributed by atoms with Gasteiger partial charge in [0.05, 0.1) is 17.5 Å². The van der Waals surface area contributed by atoms with Crippen molar-refractivity contribution in [1.29, 1.82) is 0 Å². The molecule has 128 valence electrons. The second-order valence-corrected chi connectivity index (χ2v) is 7.97. The highest BCUT2D eigenvalue weighted by Gasteiger charge is 2.32. The molecule has 1 fully saturated rings. The number of sulfone groups is 1. The molecular weight excluding hydrogens is 361 g/mol. The molecule has 1 aromatic rings. The lowest BCUT2D eigenvalue weighted by atomic mass is 10.2. The lowest BCUT2D eigenvalue weighted by Crippen LogP contribution is -2.26. The molecule has 1 heterocycles. The van der Waals surface area contributed by atoms with Gasteiger partial charge in [0.25, 0.3) is 0 Å². The number of aliphatic carboxylic acids is 1. The zero-order valence-corrected chi connectivity index (χ0v) is 13.9. The Morgan fingerprint density at radius 3 is 2.83 bits per heavy atom. The fourth-order valence-corrected chi connectivity index (χ4v) is 3.62. The van der Waals surface area contributed by atoms with Crippen molar-refractivity contribution in [3.8, 4) is 0 Å². The van der Waals surface area contributed by atoms with Gasteiger partial charge in [-0.05, 0) is 18.2 Å². The van der Waals surface area contributed by atoms with Crippen LogP contribution in [0.25, 0.3) is 0 Å². The third kappa shape index (κ3) is 4.61. The van der Waals surface area contributed by atoms with Gasteiger partial charge in [-0.2, -0.15) is 5.10 Å². The van der Waals surface area contributed by atoms with E-state index in [1.807, 2.05) is 0 Å². The summed E-state index contributed by atoms with van der Waals surface area (Å²) in [6.45, 7) is 0. The quantitative estimate of drug-likeness (QED) is 0.443. The van der Waals surface area contributed by atoms with Crippen LogP contribution in [0.1, 0.15) is 12.0 Å². The molecule has 1 saturated heterocycles. The number of carboxylic acids is 1. The molecule has 1 aliphatic heterocycles. The number of carbonyl (C=O) groups excluding carboxylic acids is 1. The third-order valence-electron chi connectivity index (χ3n) is 2.85. The first-order valence-corrected chi connectivity index (χ1v) is 9.24. The van der Waals surface area contributed by atoms with Gasteiger partial charge in [0.1, 0.15) is 11.1 Å². The summed E-state index contributed by atoms with van der Waals surface area (Å²) in [7, 11) is -3.58. The summed E-state index contributed by atoms with van der Waals surface area (Å²) >= 11 is 0.898. The summed E-state index contributed by atoms with van der Waals surface area (Å²) in [5, 5.41) is 17.6. The Balaban J connectivity index is 2.19. The molecule has 0 spiro atoms. The lowest BCUT2D eigenvalue weighted by Gasteiger charge is -2.02. The molecule has 1 unspecified atom stereocenters. The zero-order chi connectivity index (χ0) is 17.9. The first-order valence-electron chi connectivity index (χ1n) is 6.47. The monoisotopic (exact) mass is 373 g/mol. The highest BCUT2D eigenvalue weighted by atomic mass is 32.2. The maximum absolute atomic E-state index is 13.3. The normalized spacial score (nSPS) is 19.8. The molecule has 2 rings (SSSR count). The SMILES string of the molecule is CS(=O)(=O)c1ccc(F)cc1C=NN=C1NC(=O)C(CC(=O)O)S1. The van der Waals surface area contributed by atoms with E-state index in [0.29, 0.717) is 0 Å². The Kier molecular flexibility index (Phi) is 5.34. The number of hydrogen-bond donors (Lipinski definition) is 2. The van der Waals surface area contributed by atoms with Crippen molar-refractivity contribution < 1.29 is 27.5 Å².